The molecule has 1 saturated heterocycles. The number of hydrogen-bond acceptors (Lipinski definition) is 7. The molecule has 0 spiro atoms. The number of imide groups is 1. The molecular weight excluding hydrogens is 646 g/mol. The summed E-state index contributed by atoms with van der Waals surface area (Å²) in [7, 11) is 2.13. The van der Waals surface area contributed by atoms with E-state index in [0.717, 1.165) is 73.0 Å². The lowest BCUT2D eigenvalue weighted by Crippen LogP contribution is -2.52. The quantitative estimate of drug-likeness (QED) is 0.0556. The van der Waals surface area contributed by atoms with Gasteiger partial charge >= 0.3 is 0 Å². The average Bonchev–Trinajstić information content (AvgIpc) is 3.68. The Morgan fingerprint density at radius 1 is 1.04 bits per heavy atom. The zero-order valence-corrected chi connectivity index (χ0v) is 28.8. The number of amides is 4. The van der Waals surface area contributed by atoms with Crippen molar-refractivity contribution in [3.8, 4) is 17.6 Å². The zero-order chi connectivity index (χ0) is 35.7. The number of fused-ring (bicyclic) bond motifs is 2. The third-order valence-electron chi connectivity index (χ3n) is 9.44. The molecule has 4 aromatic rings. The highest BCUT2D eigenvalue weighted by Crippen LogP contribution is 2.28. The fraction of sp³-hybridized carbons (Fsp3) is 0.350. The normalized spacial score (nSPS) is 15.5. The molecule has 4 amide bonds. The Kier molecular flexibility index (Phi) is 11.5. The summed E-state index contributed by atoms with van der Waals surface area (Å²) in [6.07, 6.45) is 7.75. The van der Waals surface area contributed by atoms with E-state index in [2.05, 4.69) is 41.2 Å². The monoisotopic (exact) mass is 689 g/mol. The number of benzene rings is 3. The maximum Gasteiger partial charge on any atom is 0.274 e. The number of carbonyl (C=O) groups is 4. The predicted molar refractivity (Wildman–Crippen MR) is 192 cm³/mol. The fourth-order valence-electron chi connectivity index (χ4n) is 6.74. The average molecular weight is 690 g/mol. The van der Waals surface area contributed by atoms with Crippen molar-refractivity contribution in [3.05, 3.63) is 101 Å². The summed E-state index contributed by atoms with van der Waals surface area (Å²) >= 11 is 0. The molecular formula is C40H43N5O6. The Labute approximate surface area is 297 Å². The number of aromatic nitrogens is 1. The van der Waals surface area contributed by atoms with Crippen LogP contribution in [0.4, 0.5) is 0 Å². The van der Waals surface area contributed by atoms with Crippen molar-refractivity contribution in [2.75, 3.05) is 20.2 Å². The van der Waals surface area contributed by atoms with E-state index in [1.807, 2.05) is 47.2 Å². The van der Waals surface area contributed by atoms with Crippen LogP contribution in [-0.4, -0.2) is 69.4 Å². The summed E-state index contributed by atoms with van der Waals surface area (Å²) in [4.78, 5) is 52.4. The molecule has 1 unspecified atom stereocenters. The van der Waals surface area contributed by atoms with Crippen molar-refractivity contribution in [3.63, 3.8) is 0 Å². The molecule has 6 rings (SSSR count). The summed E-state index contributed by atoms with van der Waals surface area (Å²) in [5, 5.41) is 12.3. The molecule has 0 radical (unpaired) electrons. The second-order valence-corrected chi connectivity index (χ2v) is 13.2. The number of rotatable bonds is 14. The topological polar surface area (TPSA) is 133 Å². The van der Waals surface area contributed by atoms with Crippen molar-refractivity contribution in [2.24, 2.45) is 0 Å². The van der Waals surface area contributed by atoms with E-state index in [1.165, 1.54) is 5.56 Å². The number of nitrogens with one attached hydrogen (secondary N) is 2. The van der Waals surface area contributed by atoms with Gasteiger partial charge in [0.2, 0.25) is 11.8 Å². The number of carbonyl (C=O) groups excluding carboxylic acids is 4. The van der Waals surface area contributed by atoms with E-state index in [9.17, 15) is 19.2 Å². The first-order valence-corrected chi connectivity index (χ1v) is 17.5. The minimum absolute atomic E-state index is 0.170. The third kappa shape index (κ3) is 8.84. The van der Waals surface area contributed by atoms with Gasteiger partial charge in [-0.2, -0.15) is 0 Å². The van der Waals surface area contributed by atoms with Gasteiger partial charge in [0.1, 0.15) is 18.4 Å². The molecule has 0 aliphatic carbocycles. The molecule has 51 heavy (non-hydrogen) atoms. The van der Waals surface area contributed by atoms with Crippen molar-refractivity contribution >= 4 is 34.5 Å². The second kappa shape index (κ2) is 16.5. The number of hydrogen-bond donors (Lipinski definition) is 3. The van der Waals surface area contributed by atoms with Gasteiger partial charge in [0.15, 0.2) is 0 Å². The van der Waals surface area contributed by atoms with Crippen LogP contribution in [0.5, 0.6) is 5.75 Å². The van der Waals surface area contributed by atoms with Crippen LogP contribution < -0.4 is 15.5 Å². The Morgan fingerprint density at radius 3 is 2.75 bits per heavy atom. The van der Waals surface area contributed by atoms with Gasteiger partial charge in [0, 0.05) is 54.3 Å². The molecule has 11 nitrogen and oxygen atoms in total. The molecule has 3 heterocycles. The van der Waals surface area contributed by atoms with E-state index in [-0.39, 0.29) is 18.2 Å². The molecule has 3 aromatic carbocycles. The summed E-state index contributed by atoms with van der Waals surface area (Å²) in [6, 6.07) is 20.5. The number of unbranched alkanes of at least 4 members (excludes halogenated alkanes) is 4. The highest BCUT2D eigenvalue weighted by molar-refractivity contribution is 6.05. The number of hydroxylamine groups is 1. The highest BCUT2D eigenvalue weighted by Gasteiger charge is 2.39. The second-order valence-electron chi connectivity index (χ2n) is 13.2. The van der Waals surface area contributed by atoms with Gasteiger partial charge in [-0.15, -0.1) is 0 Å². The van der Waals surface area contributed by atoms with Crippen LogP contribution in [0, 0.1) is 11.8 Å². The van der Waals surface area contributed by atoms with Crippen LogP contribution in [0.3, 0.4) is 0 Å². The Hall–Kier alpha value is -5.44. The SMILES string of the molecule is CN(CCCCCCC#Cc1ccc2c(c1)CN(C1CCC(=O)NC1=O)C2=O)Cc1cccc(OCCn2ccc3ccc(C(=O)NO)cc32)c1. The van der Waals surface area contributed by atoms with Crippen molar-refractivity contribution in [2.45, 2.75) is 70.6 Å². The van der Waals surface area contributed by atoms with Crippen LogP contribution in [0.1, 0.15) is 82.4 Å². The van der Waals surface area contributed by atoms with Crippen molar-refractivity contribution in [1.29, 1.82) is 0 Å². The van der Waals surface area contributed by atoms with E-state index >= 15 is 0 Å². The summed E-state index contributed by atoms with van der Waals surface area (Å²) in [5.74, 6) is 5.92. The van der Waals surface area contributed by atoms with E-state index in [1.54, 1.807) is 28.6 Å². The van der Waals surface area contributed by atoms with Gasteiger partial charge in [0.25, 0.3) is 11.8 Å². The van der Waals surface area contributed by atoms with Gasteiger partial charge in [-0.1, -0.05) is 42.9 Å². The van der Waals surface area contributed by atoms with E-state index in [4.69, 9.17) is 9.94 Å². The largest absolute Gasteiger partial charge is 0.492 e. The third-order valence-corrected chi connectivity index (χ3v) is 9.44. The molecule has 3 N–H and O–H groups in total. The molecule has 264 valence electrons. The van der Waals surface area contributed by atoms with Crippen LogP contribution in [-0.2, 0) is 29.2 Å². The molecule has 2 aliphatic rings. The highest BCUT2D eigenvalue weighted by atomic mass is 16.5. The molecule has 1 atom stereocenters. The number of piperidine rings is 1. The van der Waals surface area contributed by atoms with Gasteiger partial charge < -0.3 is 19.1 Å². The van der Waals surface area contributed by atoms with Crippen LogP contribution >= 0.6 is 0 Å². The van der Waals surface area contributed by atoms with Crippen LogP contribution in [0.25, 0.3) is 10.9 Å². The minimum atomic E-state index is -0.611. The first kappa shape index (κ1) is 35.4. The zero-order valence-electron chi connectivity index (χ0n) is 28.8. The summed E-state index contributed by atoms with van der Waals surface area (Å²) in [6.45, 7) is 3.28. The lowest BCUT2D eigenvalue weighted by Gasteiger charge is -2.29. The first-order chi connectivity index (χ1) is 24.8. The fourth-order valence-corrected chi connectivity index (χ4v) is 6.74. The maximum absolute atomic E-state index is 12.9. The Balaban J connectivity index is 0.872. The van der Waals surface area contributed by atoms with E-state index < -0.39 is 17.9 Å². The predicted octanol–water partition coefficient (Wildman–Crippen LogP) is 5.03. The maximum atomic E-state index is 12.9. The standard InChI is InChI=1S/C40H43N5O6/c1-43(26-29-10-8-11-33(24-29)51-22-21-44-20-18-30-13-14-31(25-36(30)44)38(47)42-50)19-7-5-3-2-4-6-9-28-12-15-34-32(23-28)27-45(40(34)49)35-16-17-37(46)41-39(35)48/h8,10-15,18,20,23-25,35,50H,2-5,7,16-17,19,21-22,26-27H2,1H3,(H,42,47)(H,41,46,48). The Bertz CT molecular complexity index is 1990. The van der Waals surface area contributed by atoms with E-state index in [0.29, 0.717) is 37.2 Å². The van der Waals surface area contributed by atoms with Gasteiger partial charge in [-0.25, -0.2) is 5.48 Å². The van der Waals surface area contributed by atoms with Gasteiger partial charge in [0.05, 0.1) is 6.54 Å². The van der Waals surface area contributed by atoms with Gasteiger partial charge in [-0.05, 0) is 97.9 Å². The lowest BCUT2D eigenvalue weighted by atomic mass is 10.0. The van der Waals surface area contributed by atoms with Crippen LogP contribution in [0.15, 0.2) is 72.9 Å². The molecule has 0 bridgehead atoms. The molecule has 2 aliphatic heterocycles. The molecule has 1 aromatic heterocycles. The minimum Gasteiger partial charge on any atom is -0.492 e. The molecule has 11 heteroatoms. The Morgan fingerprint density at radius 2 is 1.90 bits per heavy atom. The number of ether oxygens (including phenoxy) is 1. The first-order valence-electron chi connectivity index (χ1n) is 17.5. The lowest BCUT2D eigenvalue weighted by molar-refractivity contribution is -0.136. The van der Waals surface area contributed by atoms with Gasteiger partial charge in [-0.3, -0.25) is 29.7 Å². The smallest absolute Gasteiger partial charge is 0.274 e. The van der Waals surface area contributed by atoms with Crippen molar-refractivity contribution in [1.82, 2.24) is 25.2 Å². The van der Waals surface area contributed by atoms with Crippen LogP contribution in [0.2, 0.25) is 0 Å². The summed E-state index contributed by atoms with van der Waals surface area (Å²) in [5.41, 5.74) is 6.50. The molecule has 1 fully saturated rings. The molecule has 0 saturated carbocycles. The summed E-state index contributed by atoms with van der Waals surface area (Å²) < 4.78 is 8.11. The number of nitrogens with zero attached hydrogens (tertiary/aromatic N) is 3. The van der Waals surface area contributed by atoms with Crippen molar-refractivity contribution < 1.29 is 29.1 Å².